The molecule has 2 atom stereocenters. The highest BCUT2D eigenvalue weighted by molar-refractivity contribution is 6.01. The summed E-state index contributed by atoms with van der Waals surface area (Å²) in [5.41, 5.74) is 8.09. The molecule has 4 aromatic rings. The molecule has 2 unspecified atom stereocenters. The second-order valence-electron chi connectivity index (χ2n) is 8.05. The first-order valence-corrected chi connectivity index (χ1v) is 10.9. The van der Waals surface area contributed by atoms with Gasteiger partial charge in [0.1, 0.15) is 0 Å². The molecule has 4 rings (SSSR count). The number of amides is 1. The van der Waals surface area contributed by atoms with Crippen LogP contribution in [0.3, 0.4) is 0 Å². The minimum absolute atomic E-state index is 0.0106. The Kier molecular flexibility index (Phi) is 6.79. The quantitative estimate of drug-likeness (QED) is 0.332. The van der Waals surface area contributed by atoms with E-state index >= 15 is 0 Å². The van der Waals surface area contributed by atoms with Crippen molar-refractivity contribution in [2.45, 2.75) is 38.7 Å². The van der Waals surface area contributed by atoms with E-state index in [0.717, 1.165) is 6.07 Å². The number of carbonyl (C=O) groups excluding carboxylic acids is 1. The number of pyridine rings is 2. The van der Waals surface area contributed by atoms with E-state index in [1.165, 1.54) is 16.8 Å². The number of aromatic nitrogens is 6. The lowest BCUT2D eigenvalue weighted by Gasteiger charge is -2.16. The molecule has 4 heterocycles. The molecule has 4 N–H and O–H groups in total. The molecule has 0 aliphatic heterocycles. The van der Waals surface area contributed by atoms with Crippen LogP contribution in [0.5, 0.6) is 5.88 Å². The van der Waals surface area contributed by atoms with E-state index < -0.39 is 24.2 Å². The Morgan fingerprint density at radius 1 is 1.25 bits per heavy atom. The first kappa shape index (κ1) is 24.9. The average molecular weight is 504 g/mol. The lowest BCUT2D eigenvalue weighted by molar-refractivity contribution is -0.276. The third kappa shape index (κ3) is 5.38. The van der Waals surface area contributed by atoms with Crippen molar-refractivity contribution >= 4 is 17.5 Å². The number of anilines is 1. The standard InChI is InChI=1S/C22H23F3N8O3/c1-3-17(13-4-5-18(27-7-13)36-22(23,24)25)32-10-15(8-28-32)14-6-16(20(35)29-12(2)11-34)19-30-21(26)31-33(19)9-14/h4-10,12,17,34H,3,11H2,1-2H3,(H2,26,31)(H,29,35). The molecular weight excluding hydrogens is 481 g/mol. The molecular formula is C22H23F3N8O3. The van der Waals surface area contributed by atoms with Gasteiger partial charge in [0, 0.05) is 41.8 Å². The van der Waals surface area contributed by atoms with Gasteiger partial charge in [0.25, 0.3) is 5.91 Å². The fraction of sp³-hybridized carbons (Fsp3) is 0.318. The van der Waals surface area contributed by atoms with E-state index in [0.29, 0.717) is 23.1 Å². The number of alkyl halides is 3. The number of fused-ring (bicyclic) bond motifs is 1. The third-order valence-corrected chi connectivity index (χ3v) is 5.35. The van der Waals surface area contributed by atoms with Gasteiger partial charge in [-0.05, 0) is 31.0 Å². The highest BCUT2D eigenvalue weighted by Gasteiger charge is 2.31. The summed E-state index contributed by atoms with van der Waals surface area (Å²) in [5.74, 6) is -1.02. The van der Waals surface area contributed by atoms with E-state index in [9.17, 15) is 23.1 Å². The van der Waals surface area contributed by atoms with Gasteiger partial charge >= 0.3 is 6.36 Å². The molecule has 14 heteroatoms. The lowest BCUT2D eigenvalue weighted by Crippen LogP contribution is -2.35. The first-order valence-electron chi connectivity index (χ1n) is 10.9. The summed E-state index contributed by atoms with van der Waals surface area (Å²) in [6.45, 7) is 3.32. The van der Waals surface area contributed by atoms with Gasteiger partial charge in [-0.2, -0.15) is 10.1 Å². The Morgan fingerprint density at radius 2 is 2.03 bits per heavy atom. The Hall–Kier alpha value is -4.20. The largest absolute Gasteiger partial charge is 0.574 e. The van der Waals surface area contributed by atoms with Gasteiger partial charge in [-0.1, -0.05) is 6.92 Å². The Morgan fingerprint density at radius 3 is 2.67 bits per heavy atom. The van der Waals surface area contributed by atoms with Crippen molar-refractivity contribution < 1.29 is 27.8 Å². The molecule has 0 radical (unpaired) electrons. The maximum atomic E-state index is 12.8. The first-order chi connectivity index (χ1) is 17.1. The van der Waals surface area contributed by atoms with Crippen molar-refractivity contribution in [1.29, 1.82) is 0 Å². The zero-order valence-electron chi connectivity index (χ0n) is 19.3. The zero-order chi connectivity index (χ0) is 26.0. The van der Waals surface area contributed by atoms with Crippen LogP contribution < -0.4 is 15.8 Å². The summed E-state index contributed by atoms with van der Waals surface area (Å²) in [7, 11) is 0. The van der Waals surface area contributed by atoms with E-state index in [1.807, 2.05) is 6.92 Å². The van der Waals surface area contributed by atoms with Crippen LogP contribution in [0.4, 0.5) is 19.1 Å². The molecule has 0 aromatic carbocycles. The number of ether oxygens (including phenoxy) is 1. The predicted octanol–water partition coefficient (Wildman–Crippen LogP) is 2.58. The summed E-state index contributed by atoms with van der Waals surface area (Å²) in [4.78, 5) is 20.7. The van der Waals surface area contributed by atoms with Gasteiger partial charge in [0.15, 0.2) is 5.65 Å². The molecule has 0 spiro atoms. The molecule has 0 saturated heterocycles. The number of aliphatic hydroxyl groups is 1. The van der Waals surface area contributed by atoms with Gasteiger partial charge in [0.05, 0.1) is 24.4 Å². The molecule has 36 heavy (non-hydrogen) atoms. The summed E-state index contributed by atoms with van der Waals surface area (Å²) >= 11 is 0. The van der Waals surface area contributed by atoms with E-state index in [-0.39, 0.29) is 29.8 Å². The fourth-order valence-electron chi connectivity index (χ4n) is 3.68. The summed E-state index contributed by atoms with van der Waals surface area (Å²) in [6.07, 6.45) is 2.05. The van der Waals surface area contributed by atoms with Gasteiger partial charge in [0.2, 0.25) is 11.8 Å². The van der Waals surface area contributed by atoms with E-state index in [1.54, 1.807) is 36.3 Å². The number of nitrogens with two attached hydrogens (primary N) is 1. The Labute approximate surface area is 202 Å². The summed E-state index contributed by atoms with van der Waals surface area (Å²) in [5, 5.41) is 20.5. The van der Waals surface area contributed by atoms with Gasteiger partial charge in [-0.25, -0.2) is 9.50 Å². The third-order valence-electron chi connectivity index (χ3n) is 5.35. The minimum atomic E-state index is -4.82. The van der Waals surface area contributed by atoms with Crippen molar-refractivity contribution in [3.63, 3.8) is 0 Å². The van der Waals surface area contributed by atoms with Crippen LogP contribution in [-0.4, -0.2) is 59.4 Å². The zero-order valence-corrected chi connectivity index (χ0v) is 19.3. The van der Waals surface area contributed by atoms with Crippen LogP contribution >= 0.6 is 0 Å². The smallest absolute Gasteiger partial charge is 0.394 e. The van der Waals surface area contributed by atoms with E-state index in [2.05, 4.69) is 30.2 Å². The number of hydrogen-bond donors (Lipinski definition) is 3. The molecule has 0 saturated carbocycles. The number of nitrogens with one attached hydrogen (secondary N) is 1. The molecule has 1 amide bonds. The fourth-order valence-corrected chi connectivity index (χ4v) is 3.68. The number of nitrogens with zero attached hydrogens (tertiary/aromatic N) is 6. The molecule has 0 aliphatic carbocycles. The maximum absolute atomic E-state index is 12.8. The number of rotatable bonds is 8. The van der Waals surface area contributed by atoms with Gasteiger partial charge < -0.3 is 20.9 Å². The van der Waals surface area contributed by atoms with Crippen LogP contribution in [0.15, 0.2) is 43.0 Å². The number of halogens is 3. The molecule has 11 nitrogen and oxygen atoms in total. The van der Waals surface area contributed by atoms with Crippen LogP contribution in [-0.2, 0) is 0 Å². The van der Waals surface area contributed by atoms with Gasteiger partial charge in [-0.3, -0.25) is 9.48 Å². The summed E-state index contributed by atoms with van der Waals surface area (Å²) in [6, 6.07) is 3.48. The topological polar surface area (TPSA) is 145 Å². The summed E-state index contributed by atoms with van der Waals surface area (Å²) < 4.78 is 44.2. The Bertz CT molecular complexity index is 1370. The highest BCUT2D eigenvalue weighted by Crippen LogP contribution is 2.28. The molecule has 0 bridgehead atoms. The van der Waals surface area contributed by atoms with Crippen molar-refractivity contribution in [2.24, 2.45) is 0 Å². The molecule has 0 fully saturated rings. The van der Waals surface area contributed by atoms with Crippen LogP contribution in [0.25, 0.3) is 16.8 Å². The number of hydrogen-bond acceptors (Lipinski definition) is 8. The normalized spacial score (nSPS) is 13.5. The predicted molar refractivity (Wildman–Crippen MR) is 122 cm³/mol. The molecule has 4 aromatic heterocycles. The SMILES string of the molecule is CCC(c1ccc(OC(F)(F)F)nc1)n1cc(-c2cc(C(=O)NC(C)CO)c3nc(N)nn3c2)cn1. The minimum Gasteiger partial charge on any atom is -0.394 e. The second-order valence-corrected chi connectivity index (χ2v) is 8.05. The van der Waals surface area contributed by atoms with Crippen molar-refractivity contribution in [3.8, 4) is 17.0 Å². The van der Waals surface area contributed by atoms with Crippen molar-refractivity contribution in [2.75, 3.05) is 12.3 Å². The van der Waals surface area contributed by atoms with E-state index in [4.69, 9.17) is 5.73 Å². The second kappa shape index (κ2) is 9.81. The van der Waals surface area contributed by atoms with Crippen molar-refractivity contribution in [3.05, 3.63) is 54.1 Å². The Balaban J connectivity index is 1.66. The molecule has 190 valence electrons. The van der Waals surface area contributed by atoms with Gasteiger partial charge in [-0.15, -0.1) is 18.3 Å². The van der Waals surface area contributed by atoms with Crippen LogP contribution in [0, 0.1) is 0 Å². The monoisotopic (exact) mass is 504 g/mol. The van der Waals surface area contributed by atoms with Crippen molar-refractivity contribution in [1.82, 2.24) is 34.7 Å². The number of aliphatic hydroxyl groups excluding tert-OH is 1. The number of carbonyl (C=O) groups is 1. The average Bonchev–Trinajstić information content (AvgIpc) is 3.45. The number of nitrogen functional groups attached to an aromatic ring is 1. The van der Waals surface area contributed by atoms with Crippen LogP contribution in [0.1, 0.15) is 42.2 Å². The maximum Gasteiger partial charge on any atom is 0.574 e. The highest BCUT2D eigenvalue weighted by atomic mass is 19.4. The lowest BCUT2D eigenvalue weighted by atomic mass is 10.1. The van der Waals surface area contributed by atoms with Crippen LogP contribution in [0.2, 0.25) is 0 Å². The molecule has 0 aliphatic rings.